The van der Waals surface area contributed by atoms with Crippen molar-refractivity contribution in [3.8, 4) is 0 Å². The number of hydrogen-bond donors (Lipinski definition) is 4. The molecule has 2 aromatic heterocycles. The van der Waals surface area contributed by atoms with Gasteiger partial charge in [-0.3, -0.25) is 9.09 Å². The summed E-state index contributed by atoms with van der Waals surface area (Å²) < 4.78 is 56.8. The average Bonchev–Trinajstić information content (AvgIpc) is 3.07. The number of phosphoric acid groups is 1. The fourth-order valence-corrected chi connectivity index (χ4v) is 3.89. The number of hydrogen-bond acceptors (Lipinski definition) is 13. The zero-order valence-corrected chi connectivity index (χ0v) is 17.8. The first kappa shape index (κ1) is 23.5. The summed E-state index contributed by atoms with van der Waals surface area (Å²) in [6, 6.07) is 0. The van der Waals surface area contributed by atoms with Gasteiger partial charge >= 0.3 is 37.4 Å². The minimum absolute atomic E-state index is 0. The number of phosphoric ester groups is 1. The number of fused-ring (bicyclic) bond motifs is 1. The molecule has 1 aliphatic rings. The molecule has 15 nitrogen and oxygen atoms in total. The third-order valence-electron chi connectivity index (χ3n) is 3.59. The van der Waals surface area contributed by atoms with E-state index in [1.807, 2.05) is 0 Å². The Morgan fingerprint density at radius 3 is 2.64 bits per heavy atom. The van der Waals surface area contributed by atoms with Crippen molar-refractivity contribution >= 4 is 35.2 Å². The summed E-state index contributed by atoms with van der Waals surface area (Å²) in [6.07, 6.45) is -3.36. The summed E-state index contributed by atoms with van der Waals surface area (Å²) in [5.74, 6) is 0.0730. The van der Waals surface area contributed by atoms with Gasteiger partial charge in [0, 0.05) is 0 Å². The van der Waals surface area contributed by atoms with Gasteiger partial charge in [-0.2, -0.15) is 3.97 Å². The van der Waals surface area contributed by atoms with E-state index in [1.54, 1.807) is 0 Å². The number of nitrogens with zero attached hydrogens (tertiary/aromatic N) is 4. The van der Waals surface area contributed by atoms with Gasteiger partial charge in [-0.05, 0) is 0 Å². The summed E-state index contributed by atoms with van der Waals surface area (Å²) in [6.45, 7) is -0.873. The molecule has 1 saturated heterocycles. The Hall–Kier alpha value is -0.750. The number of anilines is 1. The Bertz CT molecular complexity index is 1000. The second kappa shape index (κ2) is 8.55. The first-order chi connectivity index (χ1) is 12.5. The Labute approximate surface area is 179 Å². The Kier molecular flexibility index (Phi) is 7.18. The molecule has 0 amide bonds. The van der Waals surface area contributed by atoms with Crippen molar-refractivity contribution in [2.45, 2.75) is 24.5 Å². The van der Waals surface area contributed by atoms with Crippen LogP contribution in [0.3, 0.4) is 0 Å². The van der Waals surface area contributed by atoms with Gasteiger partial charge < -0.3 is 30.1 Å². The van der Waals surface area contributed by atoms with Crippen molar-refractivity contribution in [3.05, 3.63) is 12.7 Å². The summed E-state index contributed by atoms with van der Waals surface area (Å²) in [5.41, 5.74) is 6.06. The summed E-state index contributed by atoms with van der Waals surface area (Å²) in [5, 5.41) is 20.2. The number of nitrogen functional groups attached to an aromatic ring is 1. The Morgan fingerprint density at radius 1 is 1.32 bits per heavy atom. The zero-order valence-electron chi connectivity index (χ0n) is 14.1. The largest absolute Gasteiger partial charge is 1.00 e. The van der Waals surface area contributed by atoms with E-state index in [0.29, 0.717) is 0 Å². The summed E-state index contributed by atoms with van der Waals surface area (Å²) in [7, 11) is -10.8. The van der Waals surface area contributed by atoms with E-state index >= 15 is 0 Å². The molecule has 5 N–H and O–H groups in total. The van der Waals surface area contributed by atoms with Crippen molar-refractivity contribution < 1.29 is 75.4 Å². The normalized spacial score (nSPS) is 27.4. The molecule has 0 aliphatic carbocycles. The SMILES string of the molecule is Nc1ncnc2c1ncn2[C@@H]1O[C@H](COP(=O)(O)OS(=O)(=O)[O-])[C@@H](O)[C@H]1O.[Na+]. The maximum absolute atomic E-state index is 11.4. The first-order valence-electron chi connectivity index (χ1n) is 7.07. The molecule has 3 rings (SSSR count). The van der Waals surface area contributed by atoms with Gasteiger partial charge in [0.05, 0.1) is 12.9 Å². The van der Waals surface area contributed by atoms with Crippen molar-refractivity contribution in [2.75, 3.05) is 12.3 Å². The molecule has 28 heavy (non-hydrogen) atoms. The second-order valence-electron chi connectivity index (χ2n) is 5.38. The van der Waals surface area contributed by atoms with Crippen LogP contribution in [-0.4, -0.2) is 72.5 Å². The maximum atomic E-state index is 11.4. The molecule has 2 aromatic rings. The fourth-order valence-electron chi connectivity index (χ4n) is 2.46. The molecule has 0 aromatic carbocycles. The fraction of sp³-hybridized carbons (Fsp3) is 0.500. The van der Waals surface area contributed by atoms with Crippen LogP contribution in [0, 0.1) is 0 Å². The minimum Gasteiger partial charge on any atom is -0.725 e. The van der Waals surface area contributed by atoms with Crippen LogP contribution >= 0.6 is 7.82 Å². The van der Waals surface area contributed by atoms with Crippen LogP contribution in [0.25, 0.3) is 11.2 Å². The standard InChI is InChI=1S/C10H14N5O10PS.Na/c11-8-5-9(13-2-12-8)15(3-14-5)10-7(17)6(16)4(24-10)1-23-26(18,19)25-27(20,21)22;/h2-4,6-7,10,16-17H,1H2,(H,18,19)(H2,11,12,13)(H,20,21,22);/q;+1/p-1/t4-,6-,7-,10-;/m1./s1. The molecule has 150 valence electrons. The van der Waals surface area contributed by atoms with Gasteiger partial charge in [-0.25, -0.2) is 27.9 Å². The van der Waals surface area contributed by atoms with Crippen LogP contribution in [0.5, 0.6) is 0 Å². The molecule has 0 radical (unpaired) electrons. The molecule has 0 bridgehead atoms. The third kappa shape index (κ3) is 5.05. The second-order valence-corrected chi connectivity index (χ2v) is 7.98. The molecule has 5 atom stereocenters. The molecule has 3 heterocycles. The predicted octanol–water partition coefficient (Wildman–Crippen LogP) is -5.37. The molecule has 1 aliphatic heterocycles. The third-order valence-corrected chi connectivity index (χ3v) is 5.55. The minimum atomic E-state index is -5.51. The summed E-state index contributed by atoms with van der Waals surface area (Å²) >= 11 is 0. The molecule has 1 unspecified atom stereocenters. The molecule has 18 heteroatoms. The van der Waals surface area contributed by atoms with Crippen LogP contribution < -0.4 is 35.3 Å². The number of nitrogens with two attached hydrogens (primary N) is 1. The van der Waals surface area contributed by atoms with E-state index in [1.165, 1.54) is 10.9 Å². The van der Waals surface area contributed by atoms with E-state index in [4.69, 9.17) is 10.5 Å². The number of aromatic nitrogens is 4. The predicted molar refractivity (Wildman–Crippen MR) is 82.2 cm³/mol. The van der Waals surface area contributed by atoms with Gasteiger partial charge in [-0.15, -0.1) is 0 Å². The number of aliphatic hydroxyl groups is 2. The van der Waals surface area contributed by atoms with Gasteiger partial charge in [-0.1, -0.05) is 0 Å². The smallest absolute Gasteiger partial charge is 0.725 e. The topological polar surface area (TPSA) is 232 Å². The zero-order chi connectivity index (χ0) is 20.0. The van der Waals surface area contributed by atoms with Crippen molar-refractivity contribution in [2.24, 2.45) is 0 Å². The molecule has 0 spiro atoms. The molecule has 1 fully saturated rings. The number of rotatable bonds is 6. The van der Waals surface area contributed by atoms with Gasteiger partial charge in [0.1, 0.15) is 30.2 Å². The van der Waals surface area contributed by atoms with Crippen LogP contribution in [0.1, 0.15) is 6.23 Å². The van der Waals surface area contributed by atoms with Crippen LogP contribution in [0.4, 0.5) is 5.82 Å². The molecular weight excluding hydrogens is 436 g/mol. The monoisotopic (exact) mass is 449 g/mol. The van der Waals surface area contributed by atoms with E-state index in [2.05, 4.69) is 23.4 Å². The molecular formula is C10H13N5NaO10PS. The van der Waals surface area contributed by atoms with Crippen LogP contribution in [0.15, 0.2) is 12.7 Å². The van der Waals surface area contributed by atoms with Crippen molar-refractivity contribution in [3.63, 3.8) is 0 Å². The first-order valence-corrected chi connectivity index (χ1v) is 9.90. The van der Waals surface area contributed by atoms with Crippen LogP contribution in [-0.2, 0) is 28.2 Å². The van der Waals surface area contributed by atoms with E-state index < -0.39 is 49.4 Å². The van der Waals surface area contributed by atoms with E-state index in [9.17, 15) is 32.6 Å². The van der Waals surface area contributed by atoms with Gasteiger partial charge in [0.2, 0.25) is 10.4 Å². The number of imidazole rings is 1. The number of ether oxygens (including phenoxy) is 1. The van der Waals surface area contributed by atoms with Gasteiger partial charge in [0.15, 0.2) is 17.7 Å². The van der Waals surface area contributed by atoms with Crippen LogP contribution in [0.2, 0.25) is 0 Å². The Balaban J connectivity index is 0.00000280. The van der Waals surface area contributed by atoms with E-state index in [0.717, 1.165) is 6.33 Å². The average molecular weight is 449 g/mol. The quantitative estimate of drug-likeness (QED) is 0.140. The number of aliphatic hydroxyl groups excluding tert-OH is 2. The maximum Gasteiger partial charge on any atom is 1.00 e. The van der Waals surface area contributed by atoms with E-state index in [-0.39, 0.29) is 46.5 Å². The summed E-state index contributed by atoms with van der Waals surface area (Å²) in [4.78, 5) is 20.9. The van der Waals surface area contributed by atoms with Crippen molar-refractivity contribution in [1.82, 2.24) is 19.5 Å². The van der Waals surface area contributed by atoms with Crippen molar-refractivity contribution in [1.29, 1.82) is 0 Å². The molecule has 0 saturated carbocycles. The Morgan fingerprint density at radius 2 is 2.00 bits per heavy atom. The van der Waals surface area contributed by atoms with Gasteiger partial charge in [0.25, 0.3) is 0 Å².